The molecule has 0 radical (unpaired) electrons. The molecular weight excluding hydrogens is 497 g/mol. The third kappa shape index (κ3) is 7.00. The molecule has 0 heterocycles. The Kier molecular flexibility index (Phi) is 8.55. The van der Waals surface area contributed by atoms with Gasteiger partial charge in [0.1, 0.15) is 11.6 Å². The zero-order valence-corrected chi connectivity index (χ0v) is 20.1. The largest absolute Gasteiger partial charge is 0.481 e. The zero-order chi connectivity index (χ0) is 24.7. The molecule has 0 saturated heterocycles. The number of nitriles is 1. The van der Waals surface area contributed by atoms with E-state index < -0.39 is 5.91 Å². The second kappa shape index (κ2) is 11.6. The average Bonchev–Trinajstić information content (AvgIpc) is 2.78. The van der Waals surface area contributed by atoms with Crippen LogP contribution >= 0.6 is 34.8 Å². The number of hydrogen-bond acceptors (Lipinski definition) is 4. The predicted octanol–water partition coefficient (Wildman–Crippen LogP) is 6.52. The highest BCUT2D eigenvalue weighted by Crippen LogP contribution is 2.35. The Hall–Kier alpha value is -3.50. The number of carbonyl (C=O) groups is 2. The minimum Gasteiger partial charge on any atom is -0.481 e. The zero-order valence-electron chi connectivity index (χ0n) is 17.9. The van der Waals surface area contributed by atoms with Crippen LogP contribution in [0.15, 0.2) is 66.2 Å². The van der Waals surface area contributed by atoms with Gasteiger partial charge in [-0.3, -0.25) is 9.59 Å². The fourth-order valence-corrected chi connectivity index (χ4v) is 3.64. The quantitative estimate of drug-likeness (QED) is 0.277. The van der Waals surface area contributed by atoms with E-state index in [0.29, 0.717) is 22.0 Å². The standard InChI is InChI=1S/C25H18Cl3N3O3/c1-15-3-2-4-20(9-15)30-23(32)14-34-24-21(27)11-16(12-22(24)28)10-17(13-29)25(33)31-19-7-5-18(26)6-8-19/h2-12H,14H2,1H3,(H,30,32)(H,31,33)/b17-10-. The Labute approximate surface area is 211 Å². The van der Waals surface area contributed by atoms with Gasteiger partial charge in [0.2, 0.25) is 0 Å². The Morgan fingerprint density at radius 2 is 1.65 bits per heavy atom. The van der Waals surface area contributed by atoms with Crippen LogP contribution in [0.2, 0.25) is 15.1 Å². The van der Waals surface area contributed by atoms with Crippen LogP contribution < -0.4 is 15.4 Å². The lowest BCUT2D eigenvalue weighted by Crippen LogP contribution is -2.20. The average molecular weight is 515 g/mol. The molecule has 0 bridgehead atoms. The highest BCUT2D eigenvalue weighted by molar-refractivity contribution is 6.37. The molecule has 172 valence electrons. The van der Waals surface area contributed by atoms with Crippen molar-refractivity contribution in [3.05, 3.63) is 92.4 Å². The molecule has 2 N–H and O–H groups in total. The van der Waals surface area contributed by atoms with Gasteiger partial charge in [-0.2, -0.15) is 5.26 Å². The summed E-state index contributed by atoms with van der Waals surface area (Å²) in [4.78, 5) is 24.6. The van der Waals surface area contributed by atoms with Crippen LogP contribution in [0.3, 0.4) is 0 Å². The van der Waals surface area contributed by atoms with Crippen molar-refractivity contribution in [2.24, 2.45) is 0 Å². The van der Waals surface area contributed by atoms with Crippen molar-refractivity contribution >= 4 is 64.1 Å². The highest BCUT2D eigenvalue weighted by atomic mass is 35.5. The Bertz CT molecular complexity index is 1280. The fourth-order valence-electron chi connectivity index (χ4n) is 2.91. The number of nitrogens with zero attached hydrogens (tertiary/aromatic N) is 1. The normalized spacial score (nSPS) is 10.9. The van der Waals surface area contributed by atoms with Crippen LogP contribution in [-0.2, 0) is 9.59 Å². The van der Waals surface area contributed by atoms with Gasteiger partial charge in [-0.1, -0.05) is 46.9 Å². The number of rotatable bonds is 7. The second-order valence-corrected chi connectivity index (χ2v) is 8.40. The van der Waals surface area contributed by atoms with Gasteiger partial charge in [0.05, 0.1) is 10.0 Å². The van der Waals surface area contributed by atoms with Crippen LogP contribution in [0, 0.1) is 18.3 Å². The maximum Gasteiger partial charge on any atom is 0.266 e. The monoisotopic (exact) mass is 513 g/mol. The first-order valence-corrected chi connectivity index (χ1v) is 11.1. The molecule has 0 spiro atoms. The first-order valence-electron chi connectivity index (χ1n) is 9.92. The summed E-state index contributed by atoms with van der Waals surface area (Å²) in [6, 6.07) is 18.6. The van der Waals surface area contributed by atoms with Crippen LogP contribution in [0.5, 0.6) is 5.75 Å². The summed E-state index contributed by atoms with van der Waals surface area (Å²) in [5, 5.41) is 15.5. The van der Waals surface area contributed by atoms with Crippen molar-refractivity contribution in [1.29, 1.82) is 5.26 Å². The number of halogens is 3. The highest BCUT2D eigenvalue weighted by Gasteiger charge is 2.14. The molecule has 0 aromatic heterocycles. The molecule has 0 unspecified atom stereocenters. The Morgan fingerprint density at radius 3 is 2.26 bits per heavy atom. The number of nitrogens with one attached hydrogen (secondary N) is 2. The lowest BCUT2D eigenvalue weighted by molar-refractivity contribution is -0.118. The molecule has 34 heavy (non-hydrogen) atoms. The lowest BCUT2D eigenvalue weighted by atomic mass is 10.1. The number of ether oxygens (including phenoxy) is 1. The fraction of sp³-hybridized carbons (Fsp3) is 0.0800. The molecule has 0 saturated carbocycles. The van der Waals surface area contributed by atoms with Gasteiger partial charge >= 0.3 is 0 Å². The number of hydrogen-bond donors (Lipinski definition) is 2. The molecule has 3 aromatic rings. The van der Waals surface area contributed by atoms with Crippen molar-refractivity contribution in [3.63, 3.8) is 0 Å². The second-order valence-electron chi connectivity index (χ2n) is 7.15. The first kappa shape index (κ1) is 25.1. The Balaban J connectivity index is 1.69. The molecule has 0 fully saturated rings. The number of benzene rings is 3. The van der Waals surface area contributed by atoms with E-state index in [4.69, 9.17) is 39.5 Å². The van der Waals surface area contributed by atoms with Gasteiger partial charge < -0.3 is 15.4 Å². The molecule has 0 aliphatic carbocycles. The first-order chi connectivity index (χ1) is 16.2. The summed E-state index contributed by atoms with van der Waals surface area (Å²) >= 11 is 18.4. The maximum atomic E-state index is 12.4. The van der Waals surface area contributed by atoms with E-state index in [1.165, 1.54) is 18.2 Å². The van der Waals surface area contributed by atoms with Crippen molar-refractivity contribution in [3.8, 4) is 11.8 Å². The van der Waals surface area contributed by atoms with Crippen LogP contribution in [0.25, 0.3) is 6.08 Å². The minimum absolute atomic E-state index is 0.115. The van der Waals surface area contributed by atoms with E-state index in [1.807, 2.05) is 31.2 Å². The van der Waals surface area contributed by atoms with E-state index in [1.54, 1.807) is 30.3 Å². The van der Waals surface area contributed by atoms with Gasteiger partial charge in [-0.15, -0.1) is 0 Å². The van der Waals surface area contributed by atoms with E-state index in [9.17, 15) is 14.9 Å². The molecule has 3 rings (SSSR count). The number of anilines is 2. The molecule has 2 amide bonds. The minimum atomic E-state index is -0.606. The summed E-state index contributed by atoms with van der Waals surface area (Å²) in [6.45, 7) is 1.61. The third-order valence-corrected chi connectivity index (χ3v) is 5.26. The molecule has 6 nitrogen and oxygen atoms in total. The molecule has 9 heteroatoms. The number of aryl methyl sites for hydroxylation is 1. The topological polar surface area (TPSA) is 91.2 Å². The van der Waals surface area contributed by atoms with E-state index in [-0.39, 0.29) is 33.9 Å². The van der Waals surface area contributed by atoms with Crippen molar-refractivity contribution in [1.82, 2.24) is 0 Å². The SMILES string of the molecule is Cc1cccc(NC(=O)COc2c(Cl)cc(/C=C(/C#N)C(=O)Nc3ccc(Cl)cc3)cc2Cl)c1. The summed E-state index contributed by atoms with van der Waals surface area (Å²) in [6.07, 6.45) is 1.34. The molecule has 0 atom stereocenters. The smallest absolute Gasteiger partial charge is 0.266 e. The number of amides is 2. The summed E-state index contributed by atoms with van der Waals surface area (Å²) in [5.41, 5.74) is 2.39. The molecule has 0 aliphatic rings. The molecule has 0 aliphatic heterocycles. The van der Waals surface area contributed by atoms with Crippen LogP contribution in [0.4, 0.5) is 11.4 Å². The van der Waals surface area contributed by atoms with Gasteiger partial charge in [-0.05, 0) is 72.7 Å². The van der Waals surface area contributed by atoms with E-state index in [0.717, 1.165) is 5.56 Å². The predicted molar refractivity (Wildman–Crippen MR) is 135 cm³/mol. The summed E-state index contributed by atoms with van der Waals surface area (Å²) in [7, 11) is 0. The van der Waals surface area contributed by atoms with E-state index >= 15 is 0 Å². The van der Waals surface area contributed by atoms with Crippen LogP contribution in [-0.4, -0.2) is 18.4 Å². The van der Waals surface area contributed by atoms with Crippen molar-refractivity contribution in [2.75, 3.05) is 17.2 Å². The van der Waals surface area contributed by atoms with Crippen molar-refractivity contribution < 1.29 is 14.3 Å². The summed E-state index contributed by atoms with van der Waals surface area (Å²) < 4.78 is 5.50. The Morgan fingerprint density at radius 1 is 0.971 bits per heavy atom. The lowest BCUT2D eigenvalue weighted by Gasteiger charge is -2.12. The van der Waals surface area contributed by atoms with Crippen molar-refractivity contribution in [2.45, 2.75) is 6.92 Å². The van der Waals surface area contributed by atoms with E-state index in [2.05, 4.69) is 10.6 Å². The number of carbonyl (C=O) groups excluding carboxylic acids is 2. The maximum absolute atomic E-state index is 12.4. The molecule has 3 aromatic carbocycles. The summed E-state index contributed by atoms with van der Waals surface area (Å²) in [5.74, 6) is -0.874. The van der Waals surface area contributed by atoms with Crippen LogP contribution in [0.1, 0.15) is 11.1 Å². The van der Waals surface area contributed by atoms with Gasteiger partial charge in [0, 0.05) is 16.4 Å². The van der Waals surface area contributed by atoms with Gasteiger partial charge in [0.25, 0.3) is 11.8 Å². The van der Waals surface area contributed by atoms with Gasteiger partial charge in [0.15, 0.2) is 12.4 Å². The van der Waals surface area contributed by atoms with Gasteiger partial charge in [-0.25, -0.2) is 0 Å². The molecular formula is C25H18Cl3N3O3. The third-order valence-electron chi connectivity index (χ3n) is 4.45.